The van der Waals surface area contributed by atoms with E-state index in [0.29, 0.717) is 12.5 Å². The lowest BCUT2D eigenvalue weighted by atomic mass is 10.2. The summed E-state index contributed by atoms with van der Waals surface area (Å²) in [5, 5.41) is 11.1. The molecule has 0 heterocycles. The summed E-state index contributed by atoms with van der Waals surface area (Å²) in [6.07, 6.45) is 2.35. The van der Waals surface area contributed by atoms with Crippen molar-refractivity contribution in [2.75, 3.05) is 20.1 Å². The Labute approximate surface area is 89.8 Å². The van der Waals surface area contributed by atoms with Crippen molar-refractivity contribution in [1.82, 2.24) is 10.2 Å². The first-order valence-electron chi connectivity index (χ1n) is 4.80. The zero-order valence-corrected chi connectivity index (χ0v) is 9.36. The van der Waals surface area contributed by atoms with Crippen LogP contribution >= 0.6 is 0 Å². The fourth-order valence-corrected chi connectivity index (χ4v) is 0.844. The Morgan fingerprint density at radius 3 is 2.53 bits per heavy atom. The van der Waals surface area contributed by atoms with Gasteiger partial charge in [-0.15, -0.1) is 0 Å². The number of carboxylic acids is 1. The van der Waals surface area contributed by atoms with Crippen LogP contribution in [0.15, 0.2) is 12.3 Å². The molecular weight excluding hydrogens is 196 g/mol. The summed E-state index contributed by atoms with van der Waals surface area (Å²) in [7, 11) is 1.65. The van der Waals surface area contributed by atoms with Gasteiger partial charge in [-0.25, -0.2) is 4.79 Å². The summed E-state index contributed by atoms with van der Waals surface area (Å²) in [6, 6.07) is 0. The molecule has 0 saturated carbocycles. The van der Waals surface area contributed by atoms with Gasteiger partial charge in [-0.05, 0) is 5.92 Å². The molecule has 0 aromatic carbocycles. The van der Waals surface area contributed by atoms with Crippen LogP contribution in [0.5, 0.6) is 0 Å². The van der Waals surface area contributed by atoms with Crippen LogP contribution in [-0.2, 0) is 9.59 Å². The minimum Gasteiger partial charge on any atom is -0.478 e. The standard InChI is InChI=1S/C10H18N2O3/c1-8(2)6-11-9(13)7-12(3)5-4-10(14)15/h4-5,8H,6-7H2,1-3H3,(H,11,13)(H,14,15)/b5-4+. The van der Waals surface area contributed by atoms with Gasteiger partial charge in [-0.2, -0.15) is 0 Å². The number of carboxylic acid groups (broad SMARTS) is 1. The smallest absolute Gasteiger partial charge is 0.329 e. The molecule has 0 rings (SSSR count). The summed E-state index contributed by atoms with van der Waals surface area (Å²) in [6.45, 7) is 4.81. The zero-order valence-electron chi connectivity index (χ0n) is 9.36. The van der Waals surface area contributed by atoms with E-state index in [-0.39, 0.29) is 12.5 Å². The van der Waals surface area contributed by atoms with Gasteiger partial charge in [0.25, 0.3) is 0 Å². The van der Waals surface area contributed by atoms with Crippen LogP contribution in [0, 0.1) is 5.92 Å². The van der Waals surface area contributed by atoms with Crippen LogP contribution in [0.4, 0.5) is 0 Å². The number of aliphatic carboxylic acids is 1. The summed E-state index contributed by atoms with van der Waals surface area (Å²) >= 11 is 0. The highest BCUT2D eigenvalue weighted by molar-refractivity contribution is 5.80. The third-order valence-corrected chi connectivity index (χ3v) is 1.57. The quantitative estimate of drug-likeness (QED) is 0.623. The maximum absolute atomic E-state index is 11.3. The molecule has 5 nitrogen and oxygen atoms in total. The van der Waals surface area contributed by atoms with Crippen molar-refractivity contribution in [2.24, 2.45) is 5.92 Å². The predicted octanol–water partition coefficient (Wildman–Crippen LogP) is 0.289. The van der Waals surface area contributed by atoms with Crippen LogP contribution in [0.25, 0.3) is 0 Å². The van der Waals surface area contributed by atoms with Crippen LogP contribution in [0.1, 0.15) is 13.8 Å². The number of hydrogen-bond acceptors (Lipinski definition) is 3. The Bertz CT molecular complexity index is 249. The van der Waals surface area contributed by atoms with Gasteiger partial charge in [0, 0.05) is 25.9 Å². The largest absolute Gasteiger partial charge is 0.478 e. The second-order valence-electron chi connectivity index (χ2n) is 3.77. The average Bonchev–Trinajstić information content (AvgIpc) is 2.11. The van der Waals surface area contributed by atoms with Gasteiger partial charge < -0.3 is 15.3 Å². The first kappa shape index (κ1) is 13.5. The number of rotatable bonds is 6. The van der Waals surface area contributed by atoms with Gasteiger partial charge in [0.1, 0.15) is 0 Å². The molecule has 86 valence electrons. The molecule has 0 aromatic rings. The highest BCUT2D eigenvalue weighted by Crippen LogP contribution is 1.88. The van der Waals surface area contributed by atoms with E-state index in [2.05, 4.69) is 5.32 Å². The van der Waals surface area contributed by atoms with E-state index in [4.69, 9.17) is 5.11 Å². The number of carbonyl (C=O) groups is 2. The lowest BCUT2D eigenvalue weighted by Gasteiger charge is -2.14. The van der Waals surface area contributed by atoms with Crippen LogP contribution in [0.3, 0.4) is 0 Å². The number of likely N-dealkylation sites (N-methyl/N-ethyl adjacent to an activating group) is 1. The Hall–Kier alpha value is -1.52. The Morgan fingerprint density at radius 1 is 1.47 bits per heavy atom. The molecule has 0 saturated heterocycles. The van der Waals surface area contributed by atoms with Crippen molar-refractivity contribution in [1.29, 1.82) is 0 Å². The monoisotopic (exact) mass is 214 g/mol. The number of carbonyl (C=O) groups excluding carboxylic acids is 1. The van der Waals surface area contributed by atoms with Crippen LogP contribution < -0.4 is 5.32 Å². The molecule has 0 bridgehead atoms. The molecule has 0 aliphatic heterocycles. The molecule has 0 aliphatic carbocycles. The predicted molar refractivity (Wildman–Crippen MR) is 57.3 cm³/mol. The topological polar surface area (TPSA) is 69.6 Å². The minimum atomic E-state index is -1.02. The molecule has 0 spiro atoms. The summed E-state index contributed by atoms with van der Waals surface area (Å²) in [5.74, 6) is -0.723. The lowest BCUT2D eigenvalue weighted by molar-refractivity contribution is -0.131. The third kappa shape index (κ3) is 8.80. The summed E-state index contributed by atoms with van der Waals surface area (Å²) in [5.41, 5.74) is 0. The number of nitrogens with zero attached hydrogens (tertiary/aromatic N) is 1. The molecule has 0 aliphatic rings. The van der Waals surface area contributed by atoms with Gasteiger partial charge in [0.2, 0.25) is 5.91 Å². The average molecular weight is 214 g/mol. The SMILES string of the molecule is CC(C)CNC(=O)CN(C)/C=C/C(=O)O. The number of amides is 1. The molecule has 0 radical (unpaired) electrons. The van der Waals surface area contributed by atoms with Gasteiger partial charge in [0.05, 0.1) is 6.54 Å². The minimum absolute atomic E-state index is 0.110. The molecular formula is C10H18N2O3. The van der Waals surface area contributed by atoms with Gasteiger partial charge in [-0.3, -0.25) is 4.79 Å². The van der Waals surface area contributed by atoms with Crippen molar-refractivity contribution >= 4 is 11.9 Å². The van der Waals surface area contributed by atoms with E-state index in [9.17, 15) is 9.59 Å². The number of hydrogen-bond donors (Lipinski definition) is 2. The first-order chi connectivity index (χ1) is 6.91. The second-order valence-corrected chi connectivity index (χ2v) is 3.77. The van der Waals surface area contributed by atoms with E-state index in [0.717, 1.165) is 6.08 Å². The fraction of sp³-hybridized carbons (Fsp3) is 0.600. The fourth-order valence-electron chi connectivity index (χ4n) is 0.844. The Morgan fingerprint density at radius 2 is 2.07 bits per heavy atom. The zero-order chi connectivity index (χ0) is 11.8. The van der Waals surface area contributed by atoms with E-state index in [1.807, 2.05) is 13.8 Å². The Kier molecular flexibility index (Phi) is 6.17. The number of nitrogens with one attached hydrogen (secondary N) is 1. The van der Waals surface area contributed by atoms with E-state index in [1.54, 1.807) is 7.05 Å². The van der Waals surface area contributed by atoms with Crippen LogP contribution in [0.2, 0.25) is 0 Å². The lowest BCUT2D eigenvalue weighted by Crippen LogP contribution is -2.34. The molecule has 5 heteroatoms. The van der Waals surface area contributed by atoms with E-state index < -0.39 is 5.97 Å². The first-order valence-corrected chi connectivity index (χ1v) is 4.80. The maximum Gasteiger partial charge on any atom is 0.329 e. The molecule has 0 atom stereocenters. The van der Waals surface area contributed by atoms with Gasteiger partial charge >= 0.3 is 5.97 Å². The highest BCUT2D eigenvalue weighted by atomic mass is 16.4. The van der Waals surface area contributed by atoms with E-state index in [1.165, 1.54) is 11.1 Å². The van der Waals surface area contributed by atoms with Crippen molar-refractivity contribution in [2.45, 2.75) is 13.8 Å². The van der Waals surface area contributed by atoms with Crippen molar-refractivity contribution in [3.63, 3.8) is 0 Å². The van der Waals surface area contributed by atoms with Crippen molar-refractivity contribution < 1.29 is 14.7 Å². The molecule has 0 aromatic heterocycles. The molecule has 0 unspecified atom stereocenters. The highest BCUT2D eigenvalue weighted by Gasteiger charge is 2.03. The van der Waals surface area contributed by atoms with E-state index >= 15 is 0 Å². The van der Waals surface area contributed by atoms with Crippen LogP contribution in [-0.4, -0.2) is 42.0 Å². The molecule has 1 amide bonds. The Balaban J connectivity index is 3.81. The normalized spacial score (nSPS) is 10.7. The molecule has 15 heavy (non-hydrogen) atoms. The summed E-state index contributed by atoms with van der Waals surface area (Å²) in [4.78, 5) is 23.0. The third-order valence-electron chi connectivity index (χ3n) is 1.57. The summed E-state index contributed by atoms with van der Waals surface area (Å²) < 4.78 is 0. The van der Waals surface area contributed by atoms with Gasteiger partial charge in [-0.1, -0.05) is 13.8 Å². The van der Waals surface area contributed by atoms with Crippen molar-refractivity contribution in [3.05, 3.63) is 12.3 Å². The van der Waals surface area contributed by atoms with Gasteiger partial charge in [0.15, 0.2) is 0 Å². The molecule has 2 N–H and O–H groups in total. The van der Waals surface area contributed by atoms with Crippen molar-refractivity contribution in [3.8, 4) is 0 Å². The second kappa shape index (κ2) is 6.86. The molecule has 0 fully saturated rings. The maximum atomic E-state index is 11.3.